The van der Waals surface area contributed by atoms with E-state index in [1.165, 1.54) is 4.90 Å². The third-order valence-electron chi connectivity index (χ3n) is 3.54. The number of piperazine rings is 1. The summed E-state index contributed by atoms with van der Waals surface area (Å²) in [6.07, 6.45) is 1.85. The number of hydrogen-bond donors (Lipinski definition) is 2. The predicted octanol–water partition coefficient (Wildman–Crippen LogP) is -0.898. The van der Waals surface area contributed by atoms with Crippen LogP contribution in [0.4, 0.5) is 4.79 Å². The molecule has 0 aliphatic carbocycles. The number of urea groups is 1. The molecule has 0 aromatic carbocycles. The molecular weight excluding hydrogens is 266 g/mol. The summed E-state index contributed by atoms with van der Waals surface area (Å²) >= 11 is 0. The van der Waals surface area contributed by atoms with Gasteiger partial charge in [0.1, 0.15) is 12.6 Å². The van der Waals surface area contributed by atoms with Crippen molar-refractivity contribution < 1.29 is 24.2 Å². The zero-order chi connectivity index (χ0) is 14.7. The molecular formula is C12H19N3O5. The first-order valence-corrected chi connectivity index (χ1v) is 6.62. The van der Waals surface area contributed by atoms with E-state index in [4.69, 9.17) is 9.84 Å². The Bertz CT molecular complexity index is 408. The Balaban J connectivity index is 2.00. The van der Waals surface area contributed by atoms with Crippen LogP contribution in [0.1, 0.15) is 12.8 Å². The number of carboxylic acid groups (broad SMARTS) is 1. The third kappa shape index (κ3) is 3.19. The number of aliphatic carboxylic acids is 1. The third-order valence-corrected chi connectivity index (χ3v) is 3.54. The molecule has 3 amide bonds. The lowest BCUT2D eigenvalue weighted by Crippen LogP contribution is -2.61. The van der Waals surface area contributed by atoms with Gasteiger partial charge in [-0.15, -0.1) is 0 Å². The van der Waals surface area contributed by atoms with Gasteiger partial charge in [0, 0.05) is 26.7 Å². The lowest BCUT2D eigenvalue weighted by atomic mass is 10.2. The SMILES string of the molecule is CN(CC1CCCO1)C(=O)N1CC(=O)NCC1C(=O)O. The summed E-state index contributed by atoms with van der Waals surface area (Å²) in [5.74, 6) is -1.47. The highest BCUT2D eigenvalue weighted by Crippen LogP contribution is 2.15. The lowest BCUT2D eigenvalue weighted by molar-refractivity contribution is -0.144. The Morgan fingerprint density at radius 1 is 1.55 bits per heavy atom. The Hall–Kier alpha value is -1.83. The van der Waals surface area contributed by atoms with Crippen LogP contribution in [0.3, 0.4) is 0 Å². The van der Waals surface area contributed by atoms with Crippen LogP contribution in [0, 0.1) is 0 Å². The van der Waals surface area contributed by atoms with E-state index in [-0.39, 0.29) is 25.1 Å². The van der Waals surface area contributed by atoms with Crippen LogP contribution in [0.25, 0.3) is 0 Å². The summed E-state index contributed by atoms with van der Waals surface area (Å²) < 4.78 is 5.45. The van der Waals surface area contributed by atoms with Crippen molar-refractivity contribution in [2.24, 2.45) is 0 Å². The monoisotopic (exact) mass is 285 g/mol. The van der Waals surface area contributed by atoms with Gasteiger partial charge < -0.3 is 20.1 Å². The van der Waals surface area contributed by atoms with E-state index in [1.54, 1.807) is 7.05 Å². The number of amides is 3. The van der Waals surface area contributed by atoms with E-state index in [1.807, 2.05) is 0 Å². The largest absolute Gasteiger partial charge is 0.480 e. The van der Waals surface area contributed by atoms with Gasteiger partial charge in [0.15, 0.2) is 0 Å². The molecule has 112 valence electrons. The van der Waals surface area contributed by atoms with Crippen molar-refractivity contribution in [3.05, 3.63) is 0 Å². The van der Waals surface area contributed by atoms with Crippen molar-refractivity contribution in [1.82, 2.24) is 15.1 Å². The van der Waals surface area contributed by atoms with Crippen LogP contribution in [0.5, 0.6) is 0 Å². The molecule has 2 saturated heterocycles. The lowest BCUT2D eigenvalue weighted by Gasteiger charge is -2.35. The number of carboxylic acids is 1. The summed E-state index contributed by atoms with van der Waals surface area (Å²) in [4.78, 5) is 37.3. The van der Waals surface area contributed by atoms with Crippen LogP contribution >= 0.6 is 0 Å². The molecule has 8 heteroatoms. The quantitative estimate of drug-likeness (QED) is 0.700. The topological polar surface area (TPSA) is 99.2 Å². The maximum atomic E-state index is 12.3. The fraction of sp³-hybridized carbons (Fsp3) is 0.750. The normalized spacial score (nSPS) is 26.2. The Kier molecular flexibility index (Phi) is 4.43. The molecule has 2 aliphatic heterocycles. The number of rotatable bonds is 3. The first kappa shape index (κ1) is 14.6. The molecule has 0 radical (unpaired) electrons. The Labute approximate surface area is 116 Å². The van der Waals surface area contributed by atoms with Crippen LogP contribution in [0.2, 0.25) is 0 Å². The van der Waals surface area contributed by atoms with Crippen molar-refractivity contribution in [2.45, 2.75) is 25.0 Å². The van der Waals surface area contributed by atoms with Gasteiger partial charge in [-0.05, 0) is 12.8 Å². The fourth-order valence-electron chi connectivity index (χ4n) is 2.45. The number of carbonyl (C=O) groups excluding carboxylic acids is 2. The standard InChI is InChI=1S/C12H19N3O5/c1-14(6-8-3-2-4-20-8)12(19)15-7-10(16)13-5-9(15)11(17)18/h8-9H,2-7H2,1H3,(H,13,16)(H,17,18). The van der Waals surface area contributed by atoms with Gasteiger partial charge in [-0.25, -0.2) is 9.59 Å². The molecule has 2 rings (SSSR count). The molecule has 2 heterocycles. The molecule has 0 aromatic rings. The summed E-state index contributed by atoms with van der Waals surface area (Å²) in [7, 11) is 1.59. The number of nitrogens with one attached hydrogen (secondary N) is 1. The molecule has 2 unspecified atom stereocenters. The minimum absolute atomic E-state index is 0.00848. The van der Waals surface area contributed by atoms with Crippen LogP contribution in [0.15, 0.2) is 0 Å². The van der Waals surface area contributed by atoms with Crippen molar-refractivity contribution in [3.8, 4) is 0 Å². The van der Waals surface area contributed by atoms with E-state index >= 15 is 0 Å². The van der Waals surface area contributed by atoms with Gasteiger partial charge in [0.05, 0.1) is 6.10 Å². The number of carbonyl (C=O) groups is 3. The van der Waals surface area contributed by atoms with Crippen molar-refractivity contribution in [2.75, 3.05) is 33.3 Å². The highest BCUT2D eigenvalue weighted by molar-refractivity contribution is 5.90. The first-order valence-electron chi connectivity index (χ1n) is 6.62. The van der Waals surface area contributed by atoms with Crippen molar-refractivity contribution in [1.29, 1.82) is 0 Å². The van der Waals surface area contributed by atoms with Crippen molar-refractivity contribution in [3.63, 3.8) is 0 Å². The highest BCUT2D eigenvalue weighted by Gasteiger charge is 2.37. The van der Waals surface area contributed by atoms with Gasteiger partial charge in [0.2, 0.25) is 5.91 Å². The van der Waals surface area contributed by atoms with Crippen LogP contribution in [-0.4, -0.2) is 78.2 Å². The van der Waals surface area contributed by atoms with Crippen molar-refractivity contribution >= 4 is 17.9 Å². The second-order valence-corrected chi connectivity index (χ2v) is 5.08. The zero-order valence-corrected chi connectivity index (χ0v) is 11.4. The van der Waals surface area contributed by atoms with Crippen LogP contribution in [-0.2, 0) is 14.3 Å². The highest BCUT2D eigenvalue weighted by atomic mass is 16.5. The smallest absolute Gasteiger partial charge is 0.328 e. The second kappa shape index (κ2) is 6.08. The molecule has 0 bridgehead atoms. The number of likely N-dealkylation sites (N-methyl/N-ethyl adjacent to an activating group) is 1. The maximum Gasteiger partial charge on any atom is 0.328 e. The van der Waals surface area contributed by atoms with Gasteiger partial charge >= 0.3 is 12.0 Å². The predicted molar refractivity (Wildman–Crippen MR) is 68.1 cm³/mol. The van der Waals surface area contributed by atoms with E-state index in [0.717, 1.165) is 17.7 Å². The Morgan fingerprint density at radius 3 is 2.90 bits per heavy atom. The molecule has 0 spiro atoms. The zero-order valence-electron chi connectivity index (χ0n) is 11.4. The average molecular weight is 285 g/mol. The number of nitrogens with zero attached hydrogens (tertiary/aromatic N) is 2. The van der Waals surface area contributed by atoms with E-state index in [0.29, 0.717) is 13.2 Å². The molecule has 2 aliphatic rings. The molecule has 0 aromatic heterocycles. The molecule has 2 N–H and O–H groups in total. The van der Waals surface area contributed by atoms with Gasteiger partial charge in [-0.1, -0.05) is 0 Å². The maximum absolute atomic E-state index is 12.3. The van der Waals surface area contributed by atoms with Crippen LogP contribution < -0.4 is 5.32 Å². The fourth-order valence-corrected chi connectivity index (χ4v) is 2.45. The molecule has 0 saturated carbocycles. The summed E-state index contributed by atoms with van der Waals surface area (Å²) in [5, 5.41) is 11.6. The summed E-state index contributed by atoms with van der Waals surface area (Å²) in [6, 6.07) is -1.48. The number of hydrogen-bond acceptors (Lipinski definition) is 4. The first-order chi connectivity index (χ1) is 9.49. The molecule has 20 heavy (non-hydrogen) atoms. The summed E-state index contributed by atoms with van der Waals surface area (Å²) in [6.45, 7) is 0.805. The van der Waals surface area contributed by atoms with E-state index in [9.17, 15) is 14.4 Å². The number of ether oxygens (including phenoxy) is 1. The van der Waals surface area contributed by atoms with E-state index < -0.39 is 18.0 Å². The summed E-state index contributed by atoms with van der Waals surface area (Å²) in [5.41, 5.74) is 0. The minimum atomic E-state index is -1.12. The molecule has 8 nitrogen and oxygen atoms in total. The van der Waals surface area contributed by atoms with Gasteiger partial charge in [-0.3, -0.25) is 9.69 Å². The van der Waals surface area contributed by atoms with Gasteiger partial charge in [-0.2, -0.15) is 0 Å². The van der Waals surface area contributed by atoms with Gasteiger partial charge in [0.25, 0.3) is 0 Å². The van der Waals surface area contributed by atoms with E-state index in [2.05, 4.69) is 5.32 Å². The second-order valence-electron chi connectivity index (χ2n) is 5.08. The Morgan fingerprint density at radius 2 is 2.30 bits per heavy atom. The minimum Gasteiger partial charge on any atom is -0.480 e. The molecule has 2 atom stereocenters. The average Bonchev–Trinajstić information content (AvgIpc) is 2.90. The molecule has 2 fully saturated rings.